The number of carbonyl (C=O) groups is 2. The number of amidine groups is 1. The van der Waals surface area contributed by atoms with Gasteiger partial charge in [-0.2, -0.15) is 0 Å². The van der Waals surface area contributed by atoms with Gasteiger partial charge in [0.25, 0.3) is 5.91 Å². The Labute approximate surface area is 144 Å². The van der Waals surface area contributed by atoms with E-state index >= 15 is 0 Å². The molecular weight excluding hydrogens is 356 g/mol. The lowest BCUT2D eigenvalue weighted by Crippen LogP contribution is -2.19. The monoisotopic (exact) mass is 364 g/mol. The number of hydrogen-bond acceptors (Lipinski definition) is 5. The highest BCUT2D eigenvalue weighted by Crippen LogP contribution is 2.32. The molecule has 0 atom stereocenters. The molecule has 23 heavy (non-hydrogen) atoms. The van der Waals surface area contributed by atoms with E-state index in [-0.39, 0.29) is 22.2 Å². The minimum Gasteiger partial charge on any atom is -0.478 e. The number of aromatic carboxylic acids is 1. The maximum atomic E-state index is 12.0. The van der Waals surface area contributed by atoms with Gasteiger partial charge in [0, 0.05) is 4.88 Å². The summed E-state index contributed by atoms with van der Waals surface area (Å²) in [5, 5.41) is 14.2. The van der Waals surface area contributed by atoms with Crippen LogP contribution in [0.1, 0.15) is 15.2 Å². The molecule has 0 aliphatic carbocycles. The van der Waals surface area contributed by atoms with Gasteiger partial charge >= 0.3 is 5.97 Å². The Bertz CT molecular complexity index is 844. The van der Waals surface area contributed by atoms with Crippen molar-refractivity contribution in [2.75, 3.05) is 0 Å². The third-order valence-corrected chi connectivity index (χ3v) is 4.94. The molecule has 1 aliphatic rings. The summed E-state index contributed by atoms with van der Waals surface area (Å²) in [6, 6.07) is 8.43. The number of nitrogens with zero attached hydrogens (tertiary/aromatic N) is 1. The molecule has 116 valence electrons. The van der Waals surface area contributed by atoms with Crippen LogP contribution in [-0.4, -0.2) is 22.2 Å². The van der Waals surface area contributed by atoms with Crippen LogP contribution in [0.5, 0.6) is 0 Å². The van der Waals surface area contributed by atoms with Gasteiger partial charge in [-0.05, 0) is 41.4 Å². The van der Waals surface area contributed by atoms with Crippen molar-refractivity contribution in [3.05, 3.63) is 56.1 Å². The molecule has 2 heterocycles. The lowest BCUT2D eigenvalue weighted by Gasteiger charge is -2.03. The molecule has 2 N–H and O–H groups in total. The van der Waals surface area contributed by atoms with E-state index in [0.29, 0.717) is 10.1 Å². The largest absolute Gasteiger partial charge is 0.478 e. The maximum Gasteiger partial charge on any atom is 0.339 e. The minimum atomic E-state index is -1.17. The van der Waals surface area contributed by atoms with Crippen molar-refractivity contribution in [3.8, 4) is 0 Å². The number of carbonyl (C=O) groups excluding carboxylic acids is 1. The molecule has 1 aliphatic heterocycles. The smallest absolute Gasteiger partial charge is 0.339 e. The van der Waals surface area contributed by atoms with E-state index in [1.807, 2.05) is 17.5 Å². The van der Waals surface area contributed by atoms with Crippen LogP contribution in [0.25, 0.3) is 6.08 Å². The third kappa shape index (κ3) is 3.47. The Morgan fingerprint density at radius 3 is 2.83 bits per heavy atom. The van der Waals surface area contributed by atoms with Crippen LogP contribution in [0.3, 0.4) is 0 Å². The first kappa shape index (κ1) is 15.8. The van der Waals surface area contributed by atoms with Crippen molar-refractivity contribution in [3.63, 3.8) is 0 Å². The summed E-state index contributed by atoms with van der Waals surface area (Å²) in [5.74, 6) is -1.43. The number of nitrogens with one attached hydrogen (secondary N) is 1. The second-order valence-electron chi connectivity index (χ2n) is 4.44. The average Bonchev–Trinajstić information content (AvgIpc) is 3.10. The summed E-state index contributed by atoms with van der Waals surface area (Å²) >= 11 is 8.59. The number of thioether (sulfide) groups is 1. The van der Waals surface area contributed by atoms with Gasteiger partial charge in [0.2, 0.25) is 0 Å². The van der Waals surface area contributed by atoms with Crippen molar-refractivity contribution in [2.24, 2.45) is 4.99 Å². The predicted octanol–water partition coefficient (Wildman–Crippen LogP) is 3.99. The summed E-state index contributed by atoms with van der Waals surface area (Å²) in [6.07, 6.45) is 1.77. The van der Waals surface area contributed by atoms with E-state index in [0.717, 1.165) is 16.6 Å². The molecule has 0 spiro atoms. The first-order chi connectivity index (χ1) is 11.0. The van der Waals surface area contributed by atoms with E-state index in [1.54, 1.807) is 12.1 Å². The summed E-state index contributed by atoms with van der Waals surface area (Å²) < 4.78 is 0. The number of amides is 1. The van der Waals surface area contributed by atoms with E-state index in [1.165, 1.54) is 23.5 Å². The predicted molar refractivity (Wildman–Crippen MR) is 93.5 cm³/mol. The number of carboxylic acid groups (broad SMARTS) is 1. The molecule has 1 aromatic heterocycles. The lowest BCUT2D eigenvalue weighted by atomic mass is 10.2. The fraction of sp³-hybridized carbons (Fsp3) is 0. The van der Waals surface area contributed by atoms with Crippen LogP contribution in [0.4, 0.5) is 5.69 Å². The van der Waals surface area contributed by atoms with Crippen molar-refractivity contribution in [2.45, 2.75) is 0 Å². The van der Waals surface area contributed by atoms with Gasteiger partial charge < -0.3 is 10.4 Å². The highest BCUT2D eigenvalue weighted by atomic mass is 35.5. The molecule has 3 rings (SSSR count). The van der Waals surface area contributed by atoms with Gasteiger partial charge in [0.15, 0.2) is 5.17 Å². The van der Waals surface area contributed by atoms with Crippen LogP contribution < -0.4 is 5.32 Å². The first-order valence-corrected chi connectivity index (χ1v) is 8.47. The van der Waals surface area contributed by atoms with Gasteiger partial charge in [0.05, 0.1) is 15.6 Å². The van der Waals surface area contributed by atoms with Gasteiger partial charge in [-0.15, -0.1) is 11.3 Å². The quantitative estimate of drug-likeness (QED) is 0.807. The van der Waals surface area contributed by atoms with Gasteiger partial charge in [-0.1, -0.05) is 23.7 Å². The number of benzene rings is 1. The zero-order valence-corrected chi connectivity index (χ0v) is 13.8. The van der Waals surface area contributed by atoms with E-state index in [9.17, 15) is 14.7 Å². The fourth-order valence-corrected chi connectivity index (χ4v) is 3.72. The molecule has 5 nitrogen and oxygen atoms in total. The van der Waals surface area contributed by atoms with Crippen molar-refractivity contribution in [1.29, 1.82) is 0 Å². The SMILES string of the molecule is O=C1NC(=Nc2cccc(Cl)c2C(=O)O)S/C1=C/c1cccs1. The Kier molecular flexibility index (Phi) is 4.51. The van der Waals surface area contributed by atoms with Crippen LogP contribution in [0, 0.1) is 0 Å². The Morgan fingerprint density at radius 1 is 1.30 bits per heavy atom. The van der Waals surface area contributed by atoms with Crippen molar-refractivity contribution in [1.82, 2.24) is 5.32 Å². The molecule has 1 saturated heterocycles. The molecule has 0 radical (unpaired) electrons. The normalized spacial score (nSPS) is 17.7. The summed E-state index contributed by atoms with van der Waals surface area (Å²) in [5.41, 5.74) is 0.109. The second kappa shape index (κ2) is 6.57. The second-order valence-corrected chi connectivity index (χ2v) is 6.85. The number of halogens is 1. The van der Waals surface area contributed by atoms with Crippen LogP contribution in [0.15, 0.2) is 45.6 Å². The van der Waals surface area contributed by atoms with E-state index in [4.69, 9.17) is 11.6 Å². The van der Waals surface area contributed by atoms with Crippen LogP contribution in [0.2, 0.25) is 5.02 Å². The van der Waals surface area contributed by atoms with E-state index < -0.39 is 5.97 Å². The van der Waals surface area contributed by atoms with Gasteiger partial charge in [-0.3, -0.25) is 4.79 Å². The number of hydrogen-bond donors (Lipinski definition) is 2. The topological polar surface area (TPSA) is 78.8 Å². The molecule has 1 aromatic carbocycles. The zero-order valence-electron chi connectivity index (χ0n) is 11.4. The summed E-state index contributed by atoms with van der Waals surface area (Å²) in [6.45, 7) is 0. The Hall–Kier alpha value is -2.09. The van der Waals surface area contributed by atoms with E-state index in [2.05, 4.69) is 10.3 Å². The minimum absolute atomic E-state index is 0.0906. The van der Waals surface area contributed by atoms with Crippen LogP contribution >= 0.6 is 34.7 Å². The van der Waals surface area contributed by atoms with Crippen LogP contribution in [-0.2, 0) is 4.79 Å². The van der Waals surface area contributed by atoms with Gasteiger partial charge in [-0.25, -0.2) is 9.79 Å². The molecular formula is C15H9ClN2O3S2. The molecule has 8 heteroatoms. The van der Waals surface area contributed by atoms with Gasteiger partial charge in [0.1, 0.15) is 5.56 Å². The number of carboxylic acids is 1. The average molecular weight is 365 g/mol. The summed E-state index contributed by atoms with van der Waals surface area (Å²) in [4.78, 5) is 28.9. The lowest BCUT2D eigenvalue weighted by molar-refractivity contribution is -0.115. The Morgan fingerprint density at radius 2 is 2.13 bits per heavy atom. The number of aliphatic imine (C=N–C) groups is 1. The third-order valence-electron chi connectivity index (χ3n) is 2.89. The molecule has 1 fully saturated rings. The zero-order chi connectivity index (χ0) is 16.4. The Balaban J connectivity index is 1.92. The molecule has 0 bridgehead atoms. The highest BCUT2D eigenvalue weighted by Gasteiger charge is 2.25. The maximum absolute atomic E-state index is 12.0. The molecule has 0 saturated carbocycles. The molecule has 1 amide bonds. The first-order valence-electron chi connectivity index (χ1n) is 6.39. The number of rotatable bonds is 3. The fourth-order valence-electron chi connectivity index (χ4n) is 1.91. The standard InChI is InChI=1S/C15H9ClN2O3S2/c16-9-4-1-5-10(12(9)14(20)21)17-15-18-13(19)11(23-15)7-8-3-2-6-22-8/h1-7H,(H,20,21)(H,17,18,19)/b11-7+. The molecule has 2 aromatic rings. The molecule has 0 unspecified atom stereocenters. The van der Waals surface area contributed by atoms with Crippen molar-refractivity contribution >= 4 is 63.5 Å². The highest BCUT2D eigenvalue weighted by molar-refractivity contribution is 8.18. The number of thiophene rings is 1. The summed E-state index contributed by atoms with van der Waals surface area (Å²) in [7, 11) is 0. The van der Waals surface area contributed by atoms with Crippen molar-refractivity contribution < 1.29 is 14.7 Å².